The van der Waals surface area contributed by atoms with Gasteiger partial charge in [0.1, 0.15) is 5.75 Å². The third-order valence-corrected chi connectivity index (χ3v) is 4.17. The lowest BCUT2D eigenvalue weighted by Crippen LogP contribution is -2.36. The molecule has 1 heterocycles. The van der Waals surface area contributed by atoms with Crippen LogP contribution in [0.5, 0.6) is 5.75 Å². The smallest absolute Gasteiger partial charge is 0.125 e. The monoisotopic (exact) mass is 298 g/mol. The molecule has 1 aromatic rings. The maximum Gasteiger partial charge on any atom is 0.125 e. The minimum atomic E-state index is 0.0304. The maximum atomic E-state index is 6.35. The lowest BCUT2D eigenvalue weighted by Gasteiger charge is -2.30. The highest BCUT2D eigenvalue weighted by molar-refractivity contribution is 6.31. The van der Waals surface area contributed by atoms with Gasteiger partial charge in [0.2, 0.25) is 0 Å². The first-order valence-corrected chi connectivity index (χ1v) is 7.39. The van der Waals surface area contributed by atoms with Crippen molar-refractivity contribution in [2.75, 3.05) is 33.9 Å². The van der Waals surface area contributed by atoms with Gasteiger partial charge in [-0.2, -0.15) is 0 Å². The Kier molecular flexibility index (Phi) is 5.66. The van der Waals surface area contributed by atoms with E-state index in [1.54, 1.807) is 7.11 Å². The molecule has 1 fully saturated rings. The van der Waals surface area contributed by atoms with E-state index in [2.05, 4.69) is 11.9 Å². The van der Waals surface area contributed by atoms with E-state index in [0.717, 1.165) is 37.3 Å². The molecule has 1 aliphatic rings. The van der Waals surface area contributed by atoms with Crippen molar-refractivity contribution in [3.05, 3.63) is 28.8 Å². The van der Waals surface area contributed by atoms with Crippen molar-refractivity contribution in [3.8, 4) is 5.75 Å². The predicted molar refractivity (Wildman–Crippen MR) is 81.4 cm³/mol. The zero-order valence-electron chi connectivity index (χ0n) is 12.1. The summed E-state index contributed by atoms with van der Waals surface area (Å²) in [5.41, 5.74) is 6.93. The first-order chi connectivity index (χ1) is 9.67. The molecule has 2 unspecified atom stereocenters. The van der Waals surface area contributed by atoms with Gasteiger partial charge >= 0.3 is 0 Å². The van der Waals surface area contributed by atoms with E-state index in [-0.39, 0.29) is 6.04 Å². The van der Waals surface area contributed by atoms with Crippen LogP contribution in [0.4, 0.5) is 0 Å². The number of ether oxygens (including phenoxy) is 2. The molecule has 1 aromatic carbocycles. The molecule has 112 valence electrons. The average Bonchev–Trinajstić information content (AvgIpc) is 2.94. The zero-order chi connectivity index (χ0) is 14.5. The number of rotatable bonds is 6. The van der Waals surface area contributed by atoms with Crippen molar-refractivity contribution in [1.29, 1.82) is 0 Å². The van der Waals surface area contributed by atoms with E-state index in [1.807, 2.05) is 18.2 Å². The molecule has 20 heavy (non-hydrogen) atoms. The fraction of sp³-hybridized carbons (Fsp3) is 0.600. The fourth-order valence-electron chi connectivity index (χ4n) is 2.77. The van der Waals surface area contributed by atoms with Crippen LogP contribution < -0.4 is 10.5 Å². The summed E-state index contributed by atoms with van der Waals surface area (Å²) in [5.74, 6) is 0.784. The molecule has 0 saturated carbocycles. The SMILES string of the molecule is COc1cccc(Cl)c1C(CN)N(C)CC1CCCO1. The Balaban J connectivity index is 2.18. The van der Waals surface area contributed by atoms with Gasteiger partial charge in [-0.25, -0.2) is 0 Å². The van der Waals surface area contributed by atoms with E-state index in [1.165, 1.54) is 0 Å². The van der Waals surface area contributed by atoms with Crippen molar-refractivity contribution in [3.63, 3.8) is 0 Å². The average molecular weight is 299 g/mol. The number of likely N-dealkylation sites (N-methyl/N-ethyl adjacent to an activating group) is 1. The zero-order valence-corrected chi connectivity index (χ0v) is 12.9. The molecular formula is C15H23ClN2O2. The van der Waals surface area contributed by atoms with Crippen LogP contribution in [0.15, 0.2) is 18.2 Å². The molecule has 2 rings (SSSR count). The summed E-state index contributed by atoms with van der Waals surface area (Å²) in [6.45, 7) is 2.21. The second-order valence-electron chi connectivity index (χ2n) is 5.18. The minimum absolute atomic E-state index is 0.0304. The highest BCUT2D eigenvalue weighted by Crippen LogP contribution is 2.34. The molecule has 0 aliphatic carbocycles. The van der Waals surface area contributed by atoms with E-state index >= 15 is 0 Å². The summed E-state index contributed by atoms with van der Waals surface area (Å²) in [6.07, 6.45) is 2.55. The molecule has 5 heteroatoms. The van der Waals surface area contributed by atoms with Crippen molar-refractivity contribution in [2.45, 2.75) is 25.0 Å². The standard InChI is InChI=1S/C15H23ClN2O2/c1-18(10-11-5-4-8-20-11)13(9-17)15-12(16)6-3-7-14(15)19-2/h3,6-7,11,13H,4-5,8-10,17H2,1-2H3. The molecule has 4 nitrogen and oxygen atoms in total. The molecular weight excluding hydrogens is 276 g/mol. The topological polar surface area (TPSA) is 47.7 Å². The van der Waals surface area contributed by atoms with Gasteiger partial charge in [-0.3, -0.25) is 4.90 Å². The van der Waals surface area contributed by atoms with Gasteiger partial charge in [0.15, 0.2) is 0 Å². The first-order valence-electron chi connectivity index (χ1n) is 7.01. The van der Waals surface area contributed by atoms with E-state index < -0.39 is 0 Å². The molecule has 1 aliphatic heterocycles. The number of benzene rings is 1. The molecule has 1 saturated heterocycles. The maximum absolute atomic E-state index is 6.35. The Labute approximate surface area is 125 Å². The summed E-state index contributed by atoms with van der Waals surface area (Å²) in [5, 5.41) is 0.694. The highest BCUT2D eigenvalue weighted by atomic mass is 35.5. The normalized spacial score (nSPS) is 20.4. The lowest BCUT2D eigenvalue weighted by molar-refractivity contribution is 0.0686. The molecule has 2 N–H and O–H groups in total. The summed E-state index contributed by atoms with van der Waals surface area (Å²) in [7, 11) is 3.71. The predicted octanol–water partition coefficient (Wildman–Crippen LogP) is 2.46. The fourth-order valence-corrected chi connectivity index (χ4v) is 3.07. The molecule has 0 spiro atoms. The van der Waals surface area contributed by atoms with Crippen LogP contribution in [-0.4, -0.2) is 44.9 Å². The molecule has 0 radical (unpaired) electrons. The summed E-state index contributed by atoms with van der Waals surface area (Å²) in [4.78, 5) is 2.21. The van der Waals surface area contributed by atoms with Crippen molar-refractivity contribution in [2.24, 2.45) is 5.73 Å². The van der Waals surface area contributed by atoms with Gasteiger partial charge < -0.3 is 15.2 Å². The van der Waals surface area contributed by atoms with E-state index in [9.17, 15) is 0 Å². The van der Waals surface area contributed by atoms with Crippen molar-refractivity contribution >= 4 is 11.6 Å². The molecule has 0 bridgehead atoms. The Morgan fingerprint density at radius 3 is 2.95 bits per heavy atom. The molecule has 2 atom stereocenters. The summed E-state index contributed by atoms with van der Waals surface area (Å²) >= 11 is 6.35. The molecule has 0 amide bonds. The van der Waals surface area contributed by atoms with Crippen LogP contribution in [0.1, 0.15) is 24.4 Å². The number of halogens is 1. The Hall–Kier alpha value is -0.810. The molecule has 0 aromatic heterocycles. The van der Waals surface area contributed by atoms with Crippen molar-refractivity contribution < 1.29 is 9.47 Å². The Morgan fingerprint density at radius 1 is 1.55 bits per heavy atom. The van der Waals surface area contributed by atoms with Crippen LogP contribution in [-0.2, 0) is 4.74 Å². The third kappa shape index (κ3) is 3.44. The van der Waals surface area contributed by atoms with Gasteiger partial charge in [0.25, 0.3) is 0 Å². The number of hydrogen-bond acceptors (Lipinski definition) is 4. The van der Waals surface area contributed by atoms with Crippen molar-refractivity contribution in [1.82, 2.24) is 4.90 Å². The van der Waals surface area contributed by atoms with E-state index in [4.69, 9.17) is 26.8 Å². The number of hydrogen-bond donors (Lipinski definition) is 1. The Bertz CT molecular complexity index is 436. The van der Waals surface area contributed by atoms with Crippen LogP contribution in [0, 0.1) is 0 Å². The largest absolute Gasteiger partial charge is 0.496 e. The van der Waals surface area contributed by atoms with Gasteiger partial charge in [0, 0.05) is 30.3 Å². The van der Waals surface area contributed by atoms with Gasteiger partial charge in [0.05, 0.1) is 19.3 Å². The van der Waals surface area contributed by atoms with Crippen LogP contribution in [0.25, 0.3) is 0 Å². The second kappa shape index (κ2) is 7.27. The first kappa shape index (κ1) is 15.6. The third-order valence-electron chi connectivity index (χ3n) is 3.84. The van der Waals surface area contributed by atoms with Gasteiger partial charge in [-0.1, -0.05) is 17.7 Å². The van der Waals surface area contributed by atoms with Crippen LogP contribution in [0.3, 0.4) is 0 Å². The number of nitrogens with two attached hydrogens (primary N) is 1. The highest BCUT2D eigenvalue weighted by Gasteiger charge is 2.25. The minimum Gasteiger partial charge on any atom is -0.496 e. The lowest BCUT2D eigenvalue weighted by atomic mass is 10.0. The van der Waals surface area contributed by atoms with Gasteiger partial charge in [-0.15, -0.1) is 0 Å². The Morgan fingerprint density at radius 2 is 2.35 bits per heavy atom. The number of nitrogens with zero attached hydrogens (tertiary/aromatic N) is 1. The van der Waals surface area contributed by atoms with E-state index in [0.29, 0.717) is 17.7 Å². The van der Waals surface area contributed by atoms with Gasteiger partial charge in [-0.05, 0) is 32.0 Å². The quantitative estimate of drug-likeness (QED) is 0.876. The number of methoxy groups -OCH3 is 1. The summed E-state index contributed by atoms with van der Waals surface area (Å²) in [6, 6.07) is 5.72. The van der Waals surface area contributed by atoms with Crippen LogP contribution in [0.2, 0.25) is 5.02 Å². The second-order valence-corrected chi connectivity index (χ2v) is 5.59. The van der Waals surface area contributed by atoms with Crippen LogP contribution >= 0.6 is 11.6 Å². The summed E-state index contributed by atoms with van der Waals surface area (Å²) < 4.78 is 11.1.